The van der Waals surface area contributed by atoms with Gasteiger partial charge in [0.05, 0.1) is 0 Å². The van der Waals surface area contributed by atoms with E-state index in [9.17, 15) is 4.39 Å². The molecule has 0 fully saturated rings. The third kappa shape index (κ3) is 4.17. The molecule has 154 valence electrons. The van der Waals surface area contributed by atoms with Crippen LogP contribution in [-0.2, 0) is 0 Å². The van der Waals surface area contributed by atoms with Gasteiger partial charge in [0, 0.05) is 17.1 Å². The van der Waals surface area contributed by atoms with Crippen molar-refractivity contribution >= 4 is 17.1 Å². The molecule has 0 aliphatic heterocycles. The Balaban J connectivity index is 1.54. The number of rotatable bonds is 5. The van der Waals surface area contributed by atoms with Gasteiger partial charge in [0.15, 0.2) is 0 Å². The van der Waals surface area contributed by atoms with Crippen molar-refractivity contribution in [3.63, 3.8) is 0 Å². The van der Waals surface area contributed by atoms with Crippen LogP contribution in [0.4, 0.5) is 21.5 Å². The molecule has 32 heavy (non-hydrogen) atoms. The molecule has 0 spiro atoms. The van der Waals surface area contributed by atoms with Gasteiger partial charge in [-0.05, 0) is 64.7 Å². The molecule has 0 N–H and O–H groups in total. The molecule has 0 saturated carbocycles. The Hall–Kier alpha value is -4.17. The zero-order chi connectivity index (χ0) is 21.8. The van der Waals surface area contributed by atoms with Gasteiger partial charge in [-0.15, -0.1) is 0 Å². The summed E-state index contributed by atoms with van der Waals surface area (Å²) in [6.45, 7) is 0. The quantitative estimate of drug-likeness (QED) is 0.278. The van der Waals surface area contributed by atoms with Crippen LogP contribution in [0.1, 0.15) is 0 Å². The SMILES string of the molecule is Fc1cccc(N(c2ccc(-c3ccccc3)cc2)c2ccc(-c3ccccc3)cc2)c1. The van der Waals surface area contributed by atoms with Gasteiger partial charge >= 0.3 is 0 Å². The molecule has 2 heteroatoms. The summed E-state index contributed by atoms with van der Waals surface area (Å²) in [7, 11) is 0. The van der Waals surface area contributed by atoms with E-state index in [0.717, 1.165) is 28.2 Å². The molecule has 0 radical (unpaired) electrons. The second-order valence-electron chi connectivity index (χ2n) is 7.64. The lowest BCUT2D eigenvalue weighted by molar-refractivity contribution is 0.628. The van der Waals surface area contributed by atoms with E-state index in [0.29, 0.717) is 0 Å². The van der Waals surface area contributed by atoms with E-state index in [-0.39, 0.29) is 5.82 Å². The van der Waals surface area contributed by atoms with E-state index in [4.69, 9.17) is 0 Å². The van der Waals surface area contributed by atoms with Crippen molar-refractivity contribution in [2.45, 2.75) is 0 Å². The van der Waals surface area contributed by atoms with Gasteiger partial charge in [0.1, 0.15) is 5.82 Å². The van der Waals surface area contributed by atoms with Gasteiger partial charge < -0.3 is 4.90 Å². The summed E-state index contributed by atoms with van der Waals surface area (Å²) < 4.78 is 14.1. The molecule has 0 saturated heterocycles. The number of halogens is 1. The first-order valence-electron chi connectivity index (χ1n) is 10.6. The fourth-order valence-electron chi connectivity index (χ4n) is 3.93. The fraction of sp³-hybridized carbons (Fsp3) is 0. The highest BCUT2D eigenvalue weighted by Gasteiger charge is 2.13. The number of benzene rings is 5. The highest BCUT2D eigenvalue weighted by molar-refractivity contribution is 5.79. The summed E-state index contributed by atoms with van der Waals surface area (Å²) in [5.74, 6) is -0.255. The molecule has 1 nitrogen and oxygen atoms in total. The van der Waals surface area contributed by atoms with Gasteiger partial charge in [0.2, 0.25) is 0 Å². The summed E-state index contributed by atoms with van der Waals surface area (Å²) in [6.07, 6.45) is 0. The van der Waals surface area contributed by atoms with E-state index in [1.165, 1.54) is 17.2 Å². The minimum atomic E-state index is -0.255. The van der Waals surface area contributed by atoms with Crippen LogP contribution in [0.25, 0.3) is 22.3 Å². The van der Waals surface area contributed by atoms with Gasteiger partial charge in [-0.2, -0.15) is 0 Å². The first-order chi connectivity index (χ1) is 15.8. The van der Waals surface area contributed by atoms with Gasteiger partial charge in [0.25, 0.3) is 0 Å². The van der Waals surface area contributed by atoms with Crippen LogP contribution in [0.15, 0.2) is 133 Å². The van der Waals surface area contributed by atoms with E-state index < -0.39 is 0 Å². The van der Waals surface area contributed by atoms with Gasteiger partial charge in [-0.25, -0.2) is 4.39 Å². The Morgan fingerprint density at radius 2 is 0.812 bits per heavy atom. The average Bonchev–Trinajstić information content (AvgIpc) is 2.86. The van der Waals surface area contributed by atoms with E-state index in [1.807, 2.05) is 42.5 Å². The van der Waals surface area contributed by atoms with E-state index in [2.05, 4.69) is 77.7 Å². The first kappa shape index (κ1) is 19.8. The maximum absolute atomic E-state index is 14.1. The monoisotopic (exact) mass is 415 g/mol. The summed E-state index contributed by atoms with van der Waals surface area (Å²) in [5.41, 5.74) is 7.36. The van der Waals surface area contributed by atoms with Crippen LogP contribution in [0.2, 0.25) is 0 Å². The second-order valence-corrected chi connectivity index (χ2v) is 7.64. The highest BCUT2D eigenvalue weighted by Crippen LogP contribution is 2.36. The summed E-state index contributed by atoms with van der Waals surface area (Å²) >= 11 is 0. The summed E-state index contributed by atoms with van der Waals surface area (Å²) in [5, 5.41) is 0. The Bertz CT molecular complexity index is 1210. The molecule has 0 aliphatic rings. The molecule has 0 bridgehead atoms. The Morgan fingerprint density at radius 1 is 0.375 bits per heavy atom. The van der Waals surface area contributed by atoms with Crippen molar-refractivity contribution in [1.29, 1.82) is 0 Å². The van der Waals surface area contributed by atoms with Crippen molar-refractivity contribution < 1.29 is 4.39 Å². The number of hydrogen-bond acceptors (Lipinski definition) is 1. The molecule has 0 amide bonds. The number of anilines is 3. The van der Waals surface area contributed by atoms with E-state index >= 15 is 0 Å². The van der Waals surface area contributed by atoms with Crippen molar-refractivity contribution in [3.8, 4) is 22.3 Å². The van der Waals surface area contributed by atoms with Crippen LogP contribution >= 0.6 is 0 Å². The second kappa shape index (κ2) is 8.91. The normalized spacial score (nSPS) is 10.7. The fourth-order valence-corrected chi connectivity index (χ4v) is 3.93. The molecule has 0 unspecified atom stereocenters. The van der Waals surface area contributed by atoms with E-state index in [1.54, 1.807) is 12.1 Å². The molecular weight excluding hydrogens is 393 g/mol. The van der Waals surface area contributed by atoms with Crippen LogP contribution in [0.5, 0.6) is 0 Å². The summed E-state index contributed by atoms with van der Waals surface area (Å²) in [4.78, 5) is 2.08. The molecule has 0 heterocycles. The third-order valence-corrected chi connectivity index (χ3v) is 5.53. The standard InChI is InChI=1S/C30H22FN/c31-27-12-7-13-30(22-27)32(28-18-14-25(15-19-28)23-8-3-1-4-9-23)29-20-16-26(17-21-29)24-10-5-2-6-11-24/h1-22H. The topological polar surface area (TPSA) is 3.24 Å². The lowest BCUT2D eigenvalue weighted by Gasteiger charge is -2.26. The van der Waals surface area contributed by atoms with Crippen molar-refractivity contribution in [1.82, 2.24) is 0 Å². The van der Waals surface area contributed by atoms with Crippen molar-refractivity contribution in [2.24, 2.45) is 0 Å². The first-order valence-corrected chi connectivity index (χ1v) is 10.6. The molecule has 0 aromatic heterocycles. The Labute approximate surface area is 188 Å². The lowest BCUT2D eigenvalue weighted by Crippen LogP contribution is -2.10. The van der Waals surface area contributed by atoms with Gasteiger partial charge in [-0.3, -0.25) is 0 Å². The zero-order valence-corrected chi connectivity index (χ0v) is 17.5. The molecule has 5 rings (SSSR count). The predicted octanol–water partition coefficient (Wildman–Crippen LogP) is 8.63. The van der Waals surface area contributed by atoms with Crippen LogP contribution in [-0.4, -0.2) is 0 Å². The number of hydrogen-bond donors (Lipinski definition) is 0. The smallest absolute Gasteiger partial charge is 0.125 e. The zero-order valence-electron chi connectivity index (χ0n) is 17.5. The summed E-state index contributed by atoms with van der Waals surface area (Å²) in [6, 6.07) is 44.0. The van der Waals surface area contributed by atoms with Crippen LogP contribution < -0.4 is 4.90 Å². The number of nitrogens with zero attached hydrogens (tertiary/aromatic N) is 1. The maximum Gasteiger partial charge on any atom is 0.125 e. The predicted molar refractivity (Wildman–Crippen MR) is 132 cm³/mol. The van der Waals surface area contributed by atoms with Crippen molar-refractivity contribution in [3.05, 3.63) is 139 Å². The minimum Gasteiger partial charge on any atom is -0.310 e. The average molecular weight is 416 g/mol. The molecule has 5 aromatic carbocycles. The molecule has 0 aliphatic carbocycles. The lowest BCUT2D eigenvalue weighted by atomic mass is 10.0. The minimum absolute atomic E-state index is 0.255. The van der Waals surface area contributed by atoms with Gasteiger partial charge in [-0.1, -0.05) is 91.0 Å². The molecule has 5 aromatic rings. The third-order valence-electron chi connectivity index (χ3n) is 5.53. The van der Waals surface area contributed by atoms with Crippen LogP contribution in [0, 0.1) is 5.82 Å². The van der Waals surface area contributed by atoms with Crippen LogP contribution in [0.3, 0.4) is 0 Å². The Morgan fingerprint density at radius 3 is 1.25 bits per heavy atom. The highest BCUT2D eigenvalue weighted by atomic mass is 19.1. The van der Waals surface area contributed by atoms with Crippen molar-refractivity contribution in [2.75, 3.05) is 4.90 Å². The largest absolute Gasteiger partial charge is 0.310 e. The molecule has 0 atom stereocenters. The molecular formula is C30H22FN. The Kier molecular flexibility index (Phi) is 5.50. The maximum atomic E-state index is 14.1.